The first-order valence-electron chi connectivity index (χ1n) is 13.9. The van der Waals surface area contributed by atoms with Crippen molar-refractivity contribution in [3.05, 3.63) is 84.5 Å². The average molecular weight is 617 g/mol. The molecular formula is C32H34F2O10. The van der Waals surface area contributed by atoms with Crippen molar-refractivity contribution < 1.29 is 56.4 Å². The summed E-state index contributed by atoms with van der Waals surface area (Å²) >= 11 is 0. The van der Waals surface area contributed by atoms with Gasteiger partial charge in [-0.2, -0.15) is 8.78 Å². The highest BCUT2D eigenvalue weighted by atomic mass is 19.1. The summed E-state index contributed by atoms with van der Waals surface area (Å²) in [5.74, 6) is -4.58. The van der Waals surface area contributed by atoms with E-state index < -0.39 is 37.2 Å². The summed E-state index contributed by atoms with van der Waals surface area (Å²) in [6.45, 7) is 4.76. The number of carbonyl (C=O) groups is 4. The molecule has 1 saturated carbocycles. The van der Waals surface area contributed by atoms with Gasteiger partial charge in [-0.1, -0.05) is 37.4 Å². The molecule has 44 heavy (non-hydrogen) atoms. The topological polar surface area (TPSA) is 124 Å². The minimum absolute atomic E-state index is 0.196. The van der Waals surface area contributed by atoms with Crippen LogP contribution in [0, 0.1) is 0 Å². The van der Waals surface area contributed by atoms with Crippen molar-refractivity contribution in [2.75, 3.05) is 13.6 Å². The summed E-state index contributed by atoms with van der Waals surface area (Å²) in [4.78, 5) is 46.7. The molecular weight excluding hydrogens is 582 g/mol. The Bertz CT molecular complexity index is 1200. The lowest BCUT2D eigenvalue weighted by Crippen LogP contribution is -2.29. The Morgan fingerprint density at radius 2 is 0.955 bits per heavy atom. The molecule has 1 aliphatic rings. The van der Waals surface area contributed by atoms with Crippen LogP contribution in [-0.2, 0) is 51.0 Å². The summed E-state index contributed by atoms with van der Waals surface area (Å²) in [6, 6.07) is 13.6. The average Bonchev–Trinajstić information content (AvgIpc) is 3.01. The van der Waals surface area contributed by atoms with Gasteiger partial charge in [-0.15, -0.1) is 0 Å². The molecule has 0 atom stereocenters. The highest BCUT2D eigenvalue weighted by molar-refractivity contribution is 5.85. The summed E-state index contributed by atoms with van der Waals surface area (Å²) in [7, 11) is 0. The molecule has 2 aromatic rings. The zero-order chi connectivity index (χ0) is 31.9. The fraction of sp³-hybridized carbons (Fsp3) is 0.375. The molecule has 0 amide bonds. The second-order valence-electron chi connectivity index (χ2n) is 9.86. The maximum Gasteiger partial charge on any atom is 0.369 e. The zero-order valence-electron chi connectivity index (χ0n) is 24.1. The number of halogens is 2. The third-order valence-electron chi connectivity index (χ3n) is 6.57. The van der Waals surface area contributed by atoms with E-state index in [1.165, 1.54) is 0 Å². The SMILES string of the molecule is C=C(F)C(=O)OCOc1ccc(CCC(=O)OC2CCC(OC(=O)CCc3ccc(OCOC(=O)C(=C)F)cc3)CC2)cc1. The van der Waals surface area contributed by atoms with Crippen LogP contribution in [0.25, 0.3) is 0 Å². The number of rotatable bonds is 16. The first kappa shape index (κ1) is 33.8. The predicted molar refractivity (Wildman–Crippen MR) is 151 cm³/mol. The molecule has 1 aliphatic carbocycles. The van der Waals surface area contributed by atoms with Gasteiger partial charge in [0, 0.05) is 12.8 Å². The number of benzene rings is 2. The molecule has 0 aliphatic heterocycles. The van der Waals surface area contributed by atoms with Crippen molar-refractivity contribution in [2.45, 2.75) is 63.6 Å². The van der Waals surface area contributed by atoms with Crippen LogP contribution in [0.5, 0.6) is 11.5 Å². The normalized spacial score (nSPS) is 15.8. The van der Waals surface area contributed by atoms with E-state index in [1.54, 1.807) is 48.5 Å². The van der Waals surface area contributed by atoms with Crippen LogP contribution in [0.4, 0.5) is 8.78 Å². The van der Waals surface area contributed by atoms with Gasteiger partial charge in [-0.05, 0) is 73.9 Å². The highest BCUT2D eigenvalue weighted by Crippen LogP contribution is 2.25. The second kappa shape index (κ2) is 17.4. The second-order valence-corrected chi connectivity index (χ2v) is 9.86. The van der Waals surface area contributed by atoms with Crippen LogP contribution in [0.15, 0.2) is 73.3 Å². The van der Waals surface area contributed by atoms with Gasteiger partial charge in [-0.3, -0.25) is 9.59 Å². The van der Waals surface area contributed by atoms with Crippen LogP contribution in [-0.4, -0.2) is 49.7 Å². The summed E-state index contributed by atoms with van der Waals surface area (Å²) in [6.07, 6.45) is 3.28. The van der Waals surface area contributed by atoms with E-state index in [1.807, 2.05) is 0 Å². The molecule has 0 spiro atoms. The third kappa shape index (κ3) is 12.2. The fourth-order valence-corrected chi connectivity index (χ4v) is 4.21. The molecule has 12 heteroatoms. The van der Waals surface area contributed by atoms with Gasteiger partial charge in [0.05, 0.1) is 0 Å². The van der Waals surface area contributed by atoms with Gasteiger partial charge in [0.1, 0.15) is 23.7 Å². The Labute approximate surface area is 253 Å². The van der Waals surface area contributed by atoms with Crippen LogP contribution in [0.1, 0.15) is 49.7 Å². The third-order valence-corrected chi connectivity index (χ3v) is 6.57. The van der Waals surface area contributed by atoms with Crippen LogP contribution in [0.2, 0.25) is 0 Å². The van der Waals surface area contributed by atoms with Gasteiger partial charge in [0.15, 0.2) is 0 Å². The van der Waals surface area contributed by atoms with Gasteiger partial charge in [0.2, 0.25) is 25.2 Å². The molecule has 0 N–H and O–H groups in total. The molecule has 10 nitrogen and oxygen atoms in total. The molecule has 3 rings (SSSR count). The van der Waals surface area contributed by atoms with Gasteiger partial charge in [-0.25, -0.2) is 9.59 Å². The van der Waals surface area contributed by atoms with Gasteiger partial charge < -0.3 is 28.4 Å². The number of aryl methyl sites for hydroxylation is 2. The molecule has 0 heterocycles. The van der Waals surface area contributed by atoms with Crippen LogP contribution in [0.3, 0.4) is 0 Å². The molecule has 2 aromatic carbocycles. The van der Waals surface area contributed by atoms with Gasteiger partial charge >= 0.3 is 23.9 Å². The van der Waals surface area contributed by atoms with Crippen molar-refractivity contribution in [1.29, 1.82) is 0 Å². The Kier molecular flexibility index (Phi) is 13.3. The van der Waals surface area contributed by atoms with Crippen LogP contribution < -0.4 is 9.47 Å². The van der Waals surface area contributed by atoms with Crippen molar-refractivity contribution in [3.63, 3.8) is 0 Å². The molecule has 1 fully saturated rings. The summed E-state index contributed by atoms with van der Waals surface area (Å²) in [5, 5.41) is 0. The first-order chi connectivity index (χ1) is 21.1. The predicted octanol–water partition coefficient (Wildman–Crippen LogP) is 5.38. The molecule has 0 bridgehead atoms. The van der Waals surface area contributed by atoms with Crippen molar-refractivity contribution in [3.8, 4) is 11.5 Å². The minimum Gasteiger partial charge on any atom is -0.462 e. The summed E-state index contributed by atoms with van der Waals surface area (Å²) in [5.41, 5.74) is 1.76. The van der Waals surface area contributed by atoms with E-state index >= 15 is 0 Å². The first-order valence-corrected chi connectivity index (χ1v) is 13.9. The maximum absolute atomic E-state index is 12.6. The Balaban J connectivity index is 1.26. The van der Waals surface area contributed by atoms with E-state index in [9.17, 15) is 28.0 Å². The standard InChI is InChI=1S/C32H34F2O10/c1-21(33)31(37)41-19-39-25-9-3-23(4-10-25)7-17-29(35)43-27-13-15-28(16-14-27)44-30(36)18-8-24-5-11-26(12-6-24)40-20-42-32(38)22(2)34/h3-6,9-12,27-28H,1-2,7-8,13-20H2. The quantitative estimate of drug-likeness (QED) is 0.105. The monoisotopic (exact) mass is 616 g/mol. The Hall–Kier alpha value is -4.74. The Morgan fingerprint density at radius 1 is 0.614 bits per heavy atom. The van der Waals surface area contributed by atoms with E-state index in [-0.39, 0.29) is 37.0 Å². The fourth-order valence-electron chi connectivity index (χ4n) is 4.21. The lowest BCUT2D eigenvalue weighted by atomic mass is 9.95. The maximum atomic E-state index is 12.6. The molecule has 236 valence electrons. The Morgan fingerprint density at radius 3 is 1.27 bits per heavy atom. The van der Waals surface area contributed by atoms with E-state index in [4.69, 9.17) is 18.9 Å². The van der Waals surface area contributed by atoms with Crippen molar-refractivity contribution >= 4 is 23.9 Å². The van der Waals surface area contributed by atoms with Gasteiger partial charge in [0.25, 0.3) is 0 Å². The lowest BCUT2D eigenvalue weighted by Gasteiger charge is -2.28. The summed E-state index contributed by atoms with van der Waals surface area (Å²) < 4.78 is 55.8. The number of esters is 4. The van der Waals surface area contributed by atoms with Crippen molar-refractivity contribution in [1.82, 2.24) is 0 Å². The van der Waals surface area contributed by atoms with Crippen molar-refractivity contribution in [2.24, 2.45) is 0 Å². The van der Waals surface area contributed by atoms with E-state index in [2.05, 4.69) is 22.6 Å². The van der Waals surface area contributed by atoms with Crippen LogP contribution >= 0.6 is 0 Å². The minimum atomic E-state index is -1.21. The molecule has 0 saturated heterocycles. The molecule has 0 radical (unpaired) electrons. The van der Waals surface area contributed by atoms with E-state index in [0.717, 1.165) is 11.1 Å². The number of carbonyl (C=O) groups excluding carboxylic acids is 4. The number of hydrogen-bond acceptors (Lipinski definition) is 10. The van der Waals surface area contributed by atoms with E-state index in [0.29, 0.717) is 50.0 Å². The highest BCUT2D eigenvalue weighted by Gasteiger charge is 2.26. The molecule has 0 aromatic heterocycles. The lowest BCUT2D eigenvalue weighted by molar-refractivity contribution is -0.158. The smallest absolute Gasteiger partial charge is 0.369 e. The zero-order valence-corrected chi connectivity index (χ0v) is 24.1. The number of ether oxygens (including phenoxy) is 6. The largest absolute Gasteiger partial charge is 0.462 e. The number of hydrogen-bond donors (Lipinski definition) is 0. The molecule has 0 unspecified atom stereocenters.